The summed E-state index contributed by atoms with van der Waals surface area (Å²) in [5.41, 5.74) is 0.764. The Morgan fingerprint density at radius 3 is 2.72 bits per heavy atom. The highest BCUT2D eigenvalue weighted by molar-refractivity contribution is 7.15. The van der Waals surface area contributed by atoms with Gasteiger partial charge in [0.15, 0.2) is 5.13 Å². The third-order valence-electron chi connectivity index (χ3n) is 6.71. The molecule has 1 aliphatic rings. The number of nitrogens with zero attached hydrogens (tertiary/aromatic N) is 5. The molecule has 0 spiro atoms. The predicted molar refractivity (Wildman–Crippen MR) is 151 cm³/mol. The standard InChI is InChI=1S/C28H33N7O3S/c1-18(2)14-24-31-20-8-5-6-9-21(20)35(24)16-25(36)34-12-13-38-28(17-34,26(37)29-4)22-10-7-11-23(32-22)33-27-30-15-19(3)39-27/h5-11,15,18H,12-14,16-17H2,1-4H3,(H,29,37)(H,30,32,33). The van der Waals surface area contributed by atoms with Crippen LogP contribution in [0.4, 0.5) is 10.9 Å². The average Bonchev–Trinajstić information content (AvgIpc) is 3.50. The molecule has 1 atom stereocenters. The van der Waals surface area contributed by atoms with Crippen molar-refractivity contribution < 1.29 is 14.3 Å². The van der Waals surface area contributed by atoms with E-state index in [1.807, 2.05) is 47.9 Å². The molecule has 2 amide bonds. The SMILES string of the molecule is CNC(=O)C1(c2cccc(Nc3ncc(C)s3)n2)CN(C(=O)Cn2c(CC(C)C)nc3ccccc32)CCO1. The Balaban J connectivity index is 1.43. The molecule has 39 heavy (non-hydrogen) atoms. The van der Waals surface area contributed by atoms with Gasteiger partial charge in [0.2, 0.25) is 11.5 Å². The van der Waals surface area contributed by atoms with Crippen LogP contribution in [-0.4, -0.2) is 63.0 Å². The van der Waals surface area contributed by atoms with E-state index in [0.717, 1.165) is 28.2 Å². The fraction of sp³-hybridized carbons (Fsp3) is 0.393. The lowest BCUT2D eigenvalue weighted by Crippen LogP contribution is -2.59. The van der Waals surface area contributed by atoms with Gasteiger partial charge < -0.3 is 24.8 Å². The molecule has 2 N–H and O–H groups in total. The number of para-hydroxylation sites is 2. The van der Waals surface area contributed by atoms with Crippen LogP contribution in [0.1, 0.15) is 30.2 Å². The number of imidazole rings is 1. The number of fused-ring (bicyclic) bond motifs is 1. The Kier molecular flexibility index (Phi) is 7.62. The van der Waals surface area contributed by atoms with Crippen LogP contribution < -0.4 is 10.6 Å². The lowest BCUT2D eigenvalue weighted by molar-refractivity contribution is -0.169. The maximum absolute atomic E-state index is 13.7. The first-order valence-electron chi connectivity index (χ1n) is 13.0. The van der Waals surface area contributed by atoms with Crippen molar-refractivity contribution in [3.63, 3.8) is 0 Å². The van der Waals surface area contributed by atoms with Gasteiger partial charge in [-0.2, -0.15) is 0 Å². The molecule has 1 fully saturated rings. The van der Waals surface area contributed by atoms with Crippen molar-refractivity contribution in [1.82, 2.24) is 29.7 Å². The molecule has 0 radical (unpaired) electrons. The summed E-state index contributed by atoms with van der Waals surface area (Å²) >= 11 is 1.51. The first kappa shape index (κ1) is 26.8. The van der Waals surface area contributed by atoms with Gasteiger partial charge in [-0.15, -0.1) is 11.3 Å². The number of anilines is 2. The van der Waals surface area contributed by atoms with Crippen LogP contribution in [-0.2, 0) is 32.9 Å². The molecule has 1 saturated heterocycles. The number of hydrogen-bond acceptors (Lipinski definition) is 8. The zero-order chi connectivity index (χ0) is 27.6. The smallest absolute Gasteiger partial charge is 0.260 e. The number of carbonyl (C=O) groups excluding carboxylic acids is 2. The first-order chi connectivity index (χ1) is 18.8. The molecule has 5 rings (SSSR count). The van der Waals surface area contributed by atoms with E-state index < -0.39 is 5.60 Å². The summed E-state index contributed by atoms with van der Waals surface area (Å²) in [6.45, 7) is 7.00. The van der Waals surface area contributed by atoms with Gasteiger partial charge in [-0.05, 0) is 37.1 Å². The van der Waals surface area contributed by atoms with Crippen LogP contribution in [0.2, 0.25) is 0 Å². The van der Waals surface area contributed by atoms with Crippen LogP contribution in [0.25, 0.3) is 11.0 Å². The number of likely N-dealkylation sites (N-methyl/N-ethyl adjacent to an activating group) is 1. The van der Waals surface area contributed by atoms with Crippen molar-refractivity contribution in [1.29, 1.82) is 0 Å². The number of aromatic nitrogens is 4. The fourth-order valence-corrected chi connectivity index (χ4v) is 5.53. The summed E-state index contributed by atoms with van der Waals surface area (Å²) in [6.07, 6.45) is 2.54. The number of nitrogens with one attached hydrogen (secondary N) is 2. The van der Waals surface area contributed by atoms with E-state index in [9.17, 15) is 9.59 Å². The number of ether oxygens (including phenoxy) is 1. The minimum atomic E-state index is -1.45. The zero-order valence-corrected chi connectivity index (χ0v) is 23.4. The highest BCUT2D eigenvalue weighted by atomic mass is 32.1. The molecule has 1 unspecified atom stereocenters. The summed E-state index contributed by atoms with van der Waals surface area (Å²) in [5, 5.41) is 6.62. The van der Waals surface area contributed by atoms with Crippen LogP contribution >= 0.6 is 11.3 Å². The molecule has 0 aliphatic carbocycles. The number of thiazole rings is 1. The van der Waals surface area contributed by atoms with Gasteiger partial charge in [-0.1, -0.05) is 32.0 Å². The largest absolute Gasteiger partial charge is 0.356 e. The van der Waals surface area contributed by atoms with Crippen LogP contribution in [0.15, 0.2) is 48.7 Å². The first-order valence-corrected chi connectivity index (χ1v) is 13.9. The minimum absolute atomic E-state index is 0.0461. The summed E-state index contributed by atoms with van der Waals surface area (Å²) in [5.74, 6) is 1.35. The Morgan fingerprint density at radius 2 is 1.97 bits per heavy atom. The monoisotopic (exact) mass is 547 g/mol. The van der Waals surface area contributed by atoms with Crippen molar-refractivity contribution >= 4 is 45.1 Å². The molecule has 4 heterocycles. The molecule has 0 saturated carbocycles. The van der Waals surface area contributed by atoms with E-state index in [1.165, 1.54) is 11.3 Å². The number of aryl methyl sites for hydroxylation is 1. The maximum atomic E-state index is 13.7. The molecule has 1 aromatic carbocycles. The number of morpholine rings is 1. The molecular weight excluding hydrogens is 514 g/mol. The van der Waals surface area contributed by atoms with Gasteiger partial charge in [-0.3, -0.25) is 9.59 Å². The maximum Gasteiger partial charge on any atom is 0.260 e. The van der Waals surface area contributed by atoms with E-state index in [0.29, 0.717) is 29.1 Å². The van der Waals surface area contributed by atoms with Gasteiger partial charge in [0.1, 0.15) is 18.2 Å². The second kappa shape index (κ2) is 11.1. The molecule has 1 aliphatic heterocycles. The number of pyridine rings is 1. The van der Waals surface area contributed by atoms with Gasteiger partial charge >= 0.3 is 0 Å². The average molecular weight is 548 g/mol. The lowest BCUT2D eigenvalue weighted by Gasteiger charge is -2.41. The molecule has 3 aromatic heterocycles. The number of carbonyl (C=O) groups is 2. The molecule has 4 aromatic rings. The lowest BCUT2D eigenvalue weighted by atomic mass is 9.94. The molecule has 10 nitrogen and oxygen atoms in total. The third-order valence-corrected chi connectivity index (χ3v) is 7.53. The number of rotatable bonds is 8. The Bertz CT molecular complexity index is 1500. The van der Waals surface area contributed by atoms with E-state index in [4.69, 9.17) is 14.7 Å². The number of amides is 2. The number of benzene rings is 1. The van der Waals surface area contributed by atoms with Gasteiger partial charge in [0.25, 0.3) is 5.91 Å². The van der Waals surface area contributed by atoms with Gasteiger partial charge in [0.05, 0.1) is 29.9 Å². The highest BCUT2D eigenvalue weighted by Gasteiger charge is 2.47. The normalized spacial score (nSPS) is 17.5. The van der Waals surface area contributed by atoms with Crippen LogP contribution in [0.3, 0.4) is 0 Å². The fourth-order valence-electron chi connectivity index (χ4n) is 4.86. The Hall–Kier alpha value is -3.83. The van der Waals surface area contributed by atoms with E-state index in [-0.39, 0.29) is 31.5 Å². The Morgan fingerprint density at radius 1 is 1.15 bits per heavy atom. The van der Waals surface area contributed by atoms with Gasteiger partial charge in [0, 0.05) is 31.1 Å². The Labute approximate surface area is 231 Å². The van der Waals surface area contributed by atoms with Crippen LogP contribution in [0, 0.1) is 12.8 Å². The molecule has 0 bridgehead atoms. The molecular formula is C28H33N7O3S. The summed E-state index contributed by atoms with van der Waals surface area (Å²) in [7, 11) is 1.56. The van der Waals surface area contributed by atoms with E-state index in [1.54, 1.807) is 24.2 Å². The van der Waals surface area contributed by atoms with Crippen LogP contribution in [0.5, 0.6) is 0 Å². The highest BCUT2D eigenvalue weighted by Crippen LogP contribution is 2.31. The second-order valence-corrected chi connectivity index (χ2v) is 11.3. The van der Waals surface area contributed by atoms with Gasteiger partial charge in [-0.25, -0.2) is 15.0 Å². The number of hydrogen-bond donors (Lipinski definition) is 2. The third kappa shape index (κ3) is 5.50. The van der Waals surface area contributed by atoms with E-state index >= 15 is 0 Å². The molecule has 11 heteroatoms. The second-order valence-electron chi connectivity index (χ2n) is 10.1. The quantitative estimate of drug-likeness (QED) is 0.346. The topological polar surface area (TPSA) is 114 Å². The summed E-state index contributed by atoms with van der Waals surface area (Å²) < 4.78 is 8.14. The van der Waals surface area contributed by atoms with Crippen molar-refractivity contribution in [2.45, 2.75) is 39.3 Å². The molecule has 204 valence electrons. The minimum Gasteiger partial charge on any atom is -0.356 e. The van der Waals surface area contributed by atoms with Crippen molar-refractivity contribution in [2.75, 3.05) is 32.1 Å². The van der Waals surface area contributed by atoms with Crippen molar-refractivity contribution in [2.24, 2.45) is 5.92 Å². The predicted octanol–water partition coefficient (Wildman–Crippen LogP) is 3.64. The van der Waals surface area contributed by atoms with Crippen molar-refractivity contribution in [3.8, 4) is 0 Å². The zero-order valence-electron chi connectivity index (χ0n) is 22.6. The summed E-state index contributed by atoms with van der Waals surface area (Å²) in [6, 6.07) is 13.2. The van der Waals surface area contributed by atoms with E-state index in [2.05, 4.69) is 29.5 Å². The van der Waals surface area contributed by atoms with Crippen molar-refractivity contribution in [3.05, 3.63) is 65.1 Å². The summed E-state index contributed by atoms with van der Waals surface area (Å²) in [4.78, 5) is 43.7.